The van der Waals surface area contributed by atoms with Gasteiger partial charge in [0.25, 0.3) is 0 Å². The number of nitriles is 1. The van der Waals surface area contributed by atoms with E-state index in [1.165, 1.54) is 5.56 Å². The fourth-order valence-electron chi connectivity index (χ4n) is 1.82. The monoisotopic (exact) mass is 237 g/mol. The highest BCUT2D eigenvalue weighted by molar-refractivity contribution is 5.50. The average Bonchev–Trinajstić information content (AvgIpc) is 2.41. The summed E-state index contributed by atoms with van der Waals surface area (Å²) in [6, 6.07) is 15.7. The van der Waals surface area contributed by atoms with Crippen molar-refractivity contribution in [3.8, 4) is 17.6 Å². The summed E-state index contributed by atoms with van der Waals surface area (Å²) in [5.41, 5.74) is 2.83. The molecule has 2 heteroatoms. The molecule has 0 N–H and O–H groups in total. The Hall–Kier alpha value is -2.27. The van der Waals surface area contributed by atoms with Gasteiger partial charge in [-0.15, -0.1) is 0 Å². The molecule has 0 saturated heterocycles. The molecule has 18 heavy (non-hydrogen) atoms. The summed E-state index contributed by atoms with van der Waals surface area (Å²) in [6.45, 7) is 4.06. The zero-order chi connectivity index (χ0) is 13.0. The van der Waals surface area contributed by atoms with Crippen LogP contribution in [0.15, 0.2) is 42.5 Å². The highest BCUT2D eigenvalue weighted by Gasteiger charge is 2.08. The highest BCUT2D eigenvalue weighted by atomic mass is 16.5. The molecule has 2 nitrogen and oxygen atoms in total. The van der Waals surface area contributed by atoms with Gasteiger partial charge in [-0.2, -0.15) is 5.26 Å². The van der Waals surface area contributed by atoms with E-state index < -0.39 is 0 Å². The molecule has 0 atom stereocenters. The number of hydrogen-bond donors (Lipinski definition) is 0. The third-order valence-corrected chi connectivity index (χ3v) is 2.85. The fraction of sp³-hybridized carbons (Fsp3) is 0.188. The fourth-order valence-corrected chi connectivity index (χ4v) is 1.82. The van der Waals surface area contributed by atoms with E-state index >= 15 is 0 Å². The van der Waals surface area contributed by atoms with Crippen molar-refractivity contribution in [3.63, 3.8) is 0 Å². The minimum Gasteiger partial charge on any atom is -0.456 e. The van der Waals surface area contributed by atoms with Crippen LogP contribution < -0.4 is 4.74 Å². The molecule has 0 saturated carbocycles. The first-order valence-electron chi connectivity index (χ1n) is 6.01. The summed E-state index contributed by atoms with van der Waals surface area (Å²) in [5, 5.41) is 9.22. The standard InChI is InChI=1S/C16H15NO/c1-3-13-5-4-6-16(15(13)11-17)18-14-9-7-12(2)8-10-14/h4-10H,3H2,1-2H3. The van der Waals surface area contributed by atoms with Crippen molar-refractivity contribution in [1.29, 1.82) is 5.26 Å². The first-order valence-corrected chi connectivity index (χ1v) is 6.01. The number of ether oxygens (including phenoxy) is 1. The summed E-state index contributed by atoms with van der Waals surface area (Å²) < 4.78 is 5.78. The van der Waals surface area contributed by atoms with Gasteiger partial charge in [-0.05, 0) is 37.1 Å². The van der Waals surface area contributed by atoms with Gasteiger partial charge in [0.15, 0.2) is 0 Å². The molecule has 0 heterocycles. The Morgan fingerprint density at radius 2 is 1.83 bits per heavy atom. The van der Waals surface area contributed by atoms with Crippen LogP contribution in [0.2, 0.25) is 0 Å². The molecule has 0 amide bonds. The summed E-state index contributed by atoms with van der Waals surface area (Å²) >= 11 is 0. The Balaban J connectivity index is 2.35. The Morgan fingerprint density at radius 1 is 1.11 bits per heavy atom. The third-order valence-electron chi connectivity index (χ3n) is 2.85. The van der Waals surface area contributed by atoms with Crippen molar-refractivity contribution < 1.29 is 4.74 Å². The van der Waals surface area contributed by atoms with Crippen molar-refractivity contribution in [2.24, 2.45) is 0 Å². The van der Waals surface area contributed by atoms with Gasteiger partial charge in [-0.25, -0.2) is 0 Å². The van der Waals surface area contributed by atoms with E-state index in [9.17, 15) is 5.26 Å². The number of rotatable bonds is 3. The normalized spacial score (nSPS) is 9.83. The summed E-state index contributed by atoms with van der Waals surface area (Å²) in [5.74, 6) is 1.38. The molecular weight excluding hydrogens is 222 g/mol. The average molecular weight is 237 g/mol. The quantitative estimate of drug-likeness (QED) is 0.800. The first-order chi connectivity index (χ1) is 8.74. The smallest absolute Gasteiger partial charge is 0.145 e. The number of aryl methyl sites for hydroxylation is 2. The second-order valence-corrected chi connectivity index (χ2v) is 4.17. The SMILES string of the molecule is CCc1cccc(Oc2ccc(C)cc2)c1C#N. The van der Waals surface area contributed by atoms with E-state index in [0.29, 0.717) is 11.3 Å². The van der Waals surface area contributed by atoms with E-state index in [2.05, 4.69) is 6.07 Å². The molecule has 0 aliphatic heterocycles. The van der Waals surface area contributed by atoms with Crippen LogP contribution in [0.1, 0.15) is 23.6 Å². The van der Waals surface area contributed by atoms with E-state index in [1.807, 2.05) is 56.3 Å². The molecule has 0 aliphatic carbocycles. The molecule has 0 aromatic heterocycles. The van der Waals surface area contributed by atoms with Gasteiger partial charge in [0.05, 0.1) is 5.56 Å². The molecule has 2 aromatic carbocycles. The lowest BCUT2D eigenvalue weighted by molar-refractivity contribution is 0.480. The highest BCUT2D eigenvalue weighted by Crippen LogP contribution is 2.27. The van der Waals surface area contributed by atoms with Crippen LogP contribution >= 0.6 is 0 Å². The van der Waals surface area contributed by atoms with Crippen LogP contribution in [-0.4, -0.2) is 0 Å². The van der Waals surface area contributed by atoms with Crippen LogP contribution in [0, 0.1) is 18.3 Å². The molecule has 0 unspecified atom stereocenters. The van der Waals surface area contributed by atoms with Gasteiger partial charge in [-0.1, -0.05) is 36.8 Å². The minimum atomic E-state index is 0.626. The molecule has 0 aliphatic rings. The van der Waals surface area contributed by atoms with Gasteiger partial charge in [0, 0.05) is 0 Å². The number of benzene rings is 2. The van der Waals surface area contributed by atoms with Gasteiger partial charge < -0.3 is 4.74 Å². The Kier molecular flexibility index (Phi) is 3.64. The van der Waals surface area contributed by atoms with Crippen LogP contribution in [-0.2, 0) is 6.42 Å². The molecule has 0 fully saturated rings. The van der Waals surface area contributed by atoms with E-state index in [1.54, 1.807) is 0 Å². The molecule has 2 rings (SSSR count). The second kappa shape index (κ2) is 5.37. The van der Waals surface area contributed by atoms with Crippen molar-refractivity contribution in [2.75, 3.05) is 0 Å². The largest absolute Gasteiger partial charge is 0.456 e. The van der Waals surface area contributed by atoms with Gasteiger partial charge >= 0.3 is 0 Å². The minimum absolute atomic E-state index is 0.626. The maximum atomic E-state index is 9.22. The van der Waals surface area contributed by atoms with Crippen LogP contribution in [0.4, 0.5) is 0 Å². The van der Waals surface area contributed by atoms with E-state index in [4.69, 9.17) is 4.74 Å². The molecule has 0 spiro atoms. The molecule has 2 aromatic rings. The molecular formula is C16H15NO. The topological polar surface area (TPSA) is 33.0 Å². The predicted octanol–water partition coefficient (Wildman–Crippen LogP) is 4.22. The van der Waals surface area contributed by atoms with Gasteiger partial charge in [-0.3, -0.25) is 0 Å². The lowest BCUT2D eigenvalue weighted by Crippen LogP contribution is -1.93. The van der Waals surface area contributed by atoms with Crippen molar-refractivity contribution in [1.82, 2.24) is 0 Å². The van der Waals surface area contributed by atoms with Crippen molar-refractivity contribution >= 4 is 0 Å². The zero-order valence-corrected chi connectivity index (χ0v) is 10.6. The van der Waals surface area contributed by atoms with Crippen molar-refractivity contribution in [2.45, 2.75) is 20.3 Å². The van der Waals surface area contributed by atoms with E-state index in [-0.39, 0.29) is 0 Å². The lowest BCUT2D eigenvalue weighted by Gasteiger charge is -2.10. The maximum absolute atomic E-state index is 9.22. The molecule has 0 bridgehead atoms. The lowest BCUT2D eigenvalue weighted by atomic mass is 10.1. The van der Waals surface area contributed by atoms with Crippen LogP contribution in [0.3, 0.4) is 0 Å². The Bertz CT molecular complexity index is 579. The summed E-state index contributed by atoms with van der Waals surface area (Å²) in [6.07, 6.45) is 0.827. The van der Waals surface area contributed by atoms with E-state index in [0.717, 1.165) is 17.7 Å². The third kappa shape index (κ3) is 2.52. The number of nitrogens with zero attached hydrogens (tertiary/aromatic N) is 1. The Morgan fingerprint density at radius 3 is 2.44 bits per heavy atom. The number of hydrogen-bond acceptors (Lipinski definition) is 2. The zero-order valence-electron chi connectivity index (χ0n) is 10.6. The molecule has 90 valence electrons. The van der Waals surface area contributed by atoms with Crippen LogP contribution in [0.5, 0.6) is 11.5 Å². The van der Waals surface area contributed by atoms with Gasteiger partial charge in [0.2, 0.25) is 0 Å². The summed E-state index contributed by atoms with van der Waals surface area (Å²) in [7, 11) is 0. The Labute approximate surface area is 107 Å². The second-order valence-electron chi connectivity index (χ2n) is 4.17. The van der Waals surface area contributed by atoms with Gasteiger partial charge in [0.1, 0.15) is 17.6 Å². The maximum Gasteiger partial charge on any atom is 0.145 e. The first kappa shape index (κ1) is 12.2. The van der Waals surface area contributed by atoms with Crippen molar-refractivity contribution in [3.05, 3.63) is 59.2 Å². The summed E-state index contributed by atoms with van der Waals surface area (Å²) in [4.78, 5) is 0. The molecule has 0 radical (unpaired) electrons. The van der Waals surface area contributed by atoms with Crippen LogP contribution in [0.25, 0.3) is 0 Å². The predicted molar refractivity (Wildman–Crippen MR) is 71.8 cm³/mol.